The van der Waals surface area contributed by atoms with Crippen LogP contribution in [0.4, 0.5) is 5.69 Å². The summed E-state index contributed by atoms with van der Waals surface area (Å²) in [5.74, 6) is 0.235. The Kier molecular flexibility index (Phi) is 6.81. The van der Waals surface area contributed by atoms with E-state index < -0.39 is 0 Å². The summed E-state index contributed by atoms with van der Waals surface area (Å²) in [7, 11) is 1.70. The van der Waals surface area contributed by atoms with Gasteiger partial charge in [0.1, 0.15) is 6.54 Å². The second kappa shape index (κ2) is 9.12. The summed E-state index contributed by atoms with van der Waals surface area (Å²) in [6.45, 7) is 12.0. The van der Waals surface area contributed by atoms with Gasteiger partial charge in [0.15, 0.2) is 0 Å². The number of piperazine rings is 1. The van der Waals surface area contributed by atoms with Crippen LogP contribution in [0.2, 0.25) is 5.02 Å². The lowest BCUT2D eigenvalue weighted by atomic mass is 10.1. The molecule has 1 saturated heterocycles. The van der Waals surface area contributed by atoms with E-state index in [1.165, 1.54) is 16.2 Å². The number of halogens is 1. The zero-order chi connectivity index (χ0) is 20.3. The molecular formula is C22H31ClN3O2+. The summed E-state index contributed by atoms with van der Waals surface area (Å²) in [4.78, 5) is 16.7. The Labute approximate surface area is 172 Å². The number of nitrogens with zero attached hydrogens (tertiary/aromatic N) is 2. The third-order valence-corrected chi connectivity index (χ3v) is 6.02. The van der Waals surface area contributed by atoms with Gasteiger partial charge < -0.3 is 19.1 Å². The van der Waals surface area contributed by atoms with Crippen molar-refractivity contribution in [3.8, 4) is 0 Å². The Bertz CT molecular complexity index is 839. The number of aryl methyl sites for hydroxylation is 2. The molecule has 2 aromatic rings. The molecular weight excluding hydrogens is 374 g/mol. The fourth-order valence-corrected chi connectivity index (χ4v) is 4.26. The third-order valence-electron chi connectivity index (χ3n) is 5.79. The third kappa shape index (κ3) is 4.59. The molecule has 0 spiro atoms. The van der Waals surface area contributed by atoms with E-state index in [0.717, 1.165) is 54.7 Å². The second-order valence-corrected chi connectivity index (χ2v) is 8.13. The minimum atomic E-state index is 0.235. The fraction of sp³-hybridized carbons (Fsp3) is 0.500. The minimum absolute atomic E-state index is 0.235. The zero-order valence-electron chi connectivity index (χ0n) is 17.3. The Hall–Kier alpha value is -1.82. The quantitative estimate of drug-likeness (QED) is 0.720. The van der Waals surface area contributed by atoms with Crippen LogP contribution in [0.5, 0.6) is 0 Å². The molecule has 1 aromatic heterocycles. The van der Waals surface area contributed by atoms with Crippen LogP contribution in [-0.2, 0) is 11.3 Å². The molecule has 0 radical (unpaired) electrons. The zero-order valence-corrected chi connectivity index (χ0v) is 18.1. The van der Waals surface area contributed by atoms with Gasteiger partial charge in [0.2, 0.25) is 5.78 Å². The second-order valence-electron chi connectivity index (χ2n) is 7.70. The normalized spacial score (nSPS) is 15.2. The van der Waals surface area contributed by atoms with Crippen molar-refractivity contribution in [2.24, 2.45) is 0 Å². The summed E-state index contributed by atoms with van der Waals surface area (Å²) in [6.07, 6.45) is 0. The van der Waals surface area contributed by atoms with Gasteiger partial charge in [-0.15, -0.1) is 0 Å². The fourth-order valence-electron chi connectivity index (χ4n) is 4.10. The van der Waals surface area contributed by atoms with Gasteiger partial charge in [0.25, 0.3) is 0 Å². The lowest BCUT2D eigenvalue weighted by Gasteiger charge is -2.34. The number of carbonyl (C=O) groups is 1. The van der Waals surface area contributed by atoms with Crippen molar-refractivity contribution in [2.75, 3.05) is 51.3 Å². The molecule has 1 N–H and O–H groups in total. The topological polar surface area (TPSA) is 38.9 Å². The SMILES string of the molecule is COCCn1c(C)cc(C(=O)C[NH+]2CCN(c3cc(Cl)ccc3C)CC2)c1C. The van der Waals surface area contributed by atoms with Crippen LogP contribution in [0.1, 0.15) is 27.3 Å². The maximum absolute atomic E-state index is 12.9. The van der Waals surface area contributed by atoms with Crippen molar-refractivity contribution >= 4 is 23.1 Å². The molecule has 1 aromatic carbocycles. The van der Waals surface area contributed by atoms with E-state index in [4.69, 9.17) is 16.3 Å². The number of hydrogen-bond donors (Lipinski definition) is 1. The lowest BCUT2D eigenvalue weighted by Crippen LogP contribution is -3.15. The molecule has 0 aliphatic carbocycles. The van der Waals surface area contributed by atoms with Gasteiger partial charge in [-0.25, -0.2) is 0 Å². The number of methoxy groups -OCH3 is 1. The number of quaternary nitrogens is 1. The van der Waals surface area contributed by atoms with Crippen LogP contribution in [0.3, 0.4) is 0 Å². The molecule has 152 valence electrons. The lowest BCUT2D eigenvalue weighted by molar-refractivity contribution is -0.892. The largest absolute Gasteiger partial charge is 0.383 e. The number of Topliss-reactive ketones (excluding diaryl/α,β-unsaturated/α-hetero) is 1. The summed E-state index contributed by atoms with van der Waals surface area (Å²) in [5.41, 5.74) is 5.47. The van der Waals surface area contributed by atoms with Crippen molar-refractivity contribution in [1.82, 2.24) is 4.57 Å². The van der Waals surface area contributed by atoms with E-state index in [9.17, 15) is 4.79 Å². The molecule has 1 aliphatic rings. The van der Waals surface area contributed by atoms with Crippen LogP contribution in [-0.4, -0.2) is 56.8 Å². The maximum Gasteiger partial charge on any atom is 0.218 e. The molecule has 1 aliphatic heterocycles. The van der Waals surface area contributed by atoms with E-state index in [0.29, 0.717) is 13.2 Å². The first-order valence-corrected chi connectivity index (χ1v) is 10.3. The molecule has 0 atom stereocenters. The summed E-state index contributed by atoms with van der Waals surface area (Å²) >= 11 is 6.18. The monoisotopic (exact) mass is 404 g/mol. The Morgan fingerprint density at radius 3 is 2.57 bits per heavy atom. The minimum Gasteiger partial charge on any atom is -0.383 e. The summed E-state index contributed by atoms with van der Waals surface area (Å²) in [6, 6.07) is 8.07. The first-order chi connectivity index (χ1) is 13.4. The van der Waals surface area contributed by atoms with Gasteiger partial charge in [-0.2, -0.15) is 0 Å². The Balaban J connectivity index is 1.60. The average molecular weight is 405 g/mol. The van der Waals surface area contributed by atoms with Gasteiger partial charge >= 0.3 is 0 Å². The highest BCUT2D eigenvalue weighted by Gasteiger charge is 2.25. The Morgan fingerprint density at radius 2 is 1.89 bits per heavy atom. The highest BCUT2D eigenvalue weighted by molar-refractivity contribution is 6.30. The van der Waals surface area contributed by atoms with Gasteiger partial charge in [-0.05, 0) is 44.5 Å². The number of carbonyl (C=O) groups excluding carboxylic acids is 1. The number of anilines is 1. The predicted molar refractivity (Wildman–Crippen MR) is 114 cm³/mol. The molecule has 6 heteroatoms. The molecule has 0 bridgehead atoms. The average Bonchev–Trinajstić information content (AvgIpc) is 2.96. The molecule has 1 fully saturated rings. The highest BCUT2D eigenvalue weighted by Crippen LogP contribution is 2.24. The molecule has 0 amide bonds. The van der Waals surface area contributed by atoms with Crippen LogP contribution in [0.25, 0.3) is 0 Å². The number of benzene rings is 1. The molecule has 5 nitrogen and oxygen atoms in total. The van der Waals surface area contributed by atoms with E-state index >= 15 is 0 Å². The standard InChI is InChI=1S/C22H30ClN3O2/c1-16-5-6-19(23)14-21(16)25-9-7-24(8-10-25)15-22(27)20-13-17(2)26(18(20)3)11-12-28-4/h5-6,13-14H,7-12,15H2,1-4H3/p+1. The summed E-state index contributed by atoms with van der Waals surface area (Å²) < 4.78 is 7.36. The van der Waals surface area contributed by atoms with Gasteiger partial charge in [0, 0.05) is 41.3 Å². The first-order valence-electron chi connectivity index (χ1n) is 9.94. The smallest absolute Gasteiger partial charge is 0.218 e. The molecule has 3 rings (SSSR count). The number of nitrogens with one attached hydrogen (secondary N) is 1. The van der Waals surface area contributed by atoms with Crippen molar-refractivity contribution in [2.45, 2.75) is 27.3 Å². The van der Waals surface area contributed by atoms with Crippen molar-refractivity contribution < 1.29 is 14.4 Å². The van der Waals surface area contributed by atoms with Crippen LogP contribution in [0, 0.1) is 20.8 Å². The first kappa shape index (κ1) is 20.9. The highest BCUT2D eigenvalue weighted by atomic mass is 35.5. The predicted octanol–water partition coefficient (Wildman–Crippen LogP) is 2.30. The molecule has 0 saturated carbocycles. The number of hydrogen-bond acceptors (Lipinski definition) is 3. The van der Waals surface area contributed by atoms with Crippen LogP contribution in [0.15, 0.2) is 24.3 Å². The summed E-state index contributed by atoms with van der Waals surface area (Å²) in [5, 5.41) is 0.773. The number of ketones is 1. The molecule has 0 unspecified atom stereocenters. The van der Waals surface area contributed by atoms with Gasteiger partial charge in [0.05, 0.1) is 32.8 Å². The molecule has 28 heavy (non-hydrogen) atoms. The van der Waals surface area contributed by atoms with Crippen molar-refractivity contribution in [3.05, 3.63) is 51.8 Å². The van der Waals surface area contributed by atoms with E-state index in [1.54, 1.807) is 7.11 Å². The van der Waals surface area contributed by atoms with Crippen LogP contribution >= 0.6 is 11.6 Å². The van der Waals surface area contributed by atoms with E-state index in [2.05, 4.69) is 29.4 Å². The van der Waals surface area contributed by atoms with E-state index in [1.807, 2.05) is 25.1 Å². The molecule has 2 heterocycles. The number of aromatic nitrogens is 1. The van der Waals surface area contributed by atoms with Crippen LogP contribution < -0.4 is 9.80 Å². The van der Waals surface area contributed by atoms with Crippen molar-refractivity contribution in [3.63, 3.8) is 0 Å². The number of rotatable bonds is 7. The van der Waals surface area contributed by atoms with Gasteiger partial charge in [-0.1, -0.05) is 17.7 Å². The maximum atomic E-state index is 12.9. The number of ether oxygens (including phenoxy) is 1. The van der Waals surface area contributed by atoms with Crippen molar-refractivity contribution in [1.29, 1.82) is 0 Å². The van der Waals surface area contributed by atoms with E-state index in [-0.39, 0.29) is 5.78 Å². The Morgan fingerprint density at radius 1 is 1.18 bits per heavy atom. The van der Waals surface area contributed by atoms with Gasteiger partial charge in [-0.3, -0.25) is 4.79 Å².